The lowest BCUT2D eigenvalue weighted by atomic mass is 9.97. The SMILES string of the molecule is CC(=O)O[C@@H]1[C@@H](O)[C@@H](O[C@H]2[C@H](O)[C@@H](O)[C@H](O)O[C@@H]2CO)O[C@H](CO)[C@H]1O. The molecule has 0 aliphatic carbocycles. The molecule has 10 atom stereocenters. The van der Waals surface area contributed by atoms with Gasteiger partial charge in [-0.15, -0.1) is 0 Å². The highest BCUT2D eigenvalue weighted by Gasteiger charge is 2.51. The highest BCUT2D eigenvalue weighted by molar-refractivity contribution is 5.66. The minimum Gasteiger partial charge on any atom is -0.457 e. The molecule has 2 heterocycles. The van der Waals surface area contributed by atoms with Crippen LogP contribution in [0.25, 0.3) is 0 Å². The van der Waals surface area contributed by atoms with Crippen molar-refractivity contribution in [2.75, 3.05) is 13.2 Å². The minimum atomic E-state index is -1.76. The van der Waals surface area contributed by atoms with Crippen LogP contribution in [0.3, 0.4) is 0 Å². The summed E-state index contributed by atoms with van der Waals surface area (Å²) in [5, 5.41) is 68.2. The van der Waals surface area contributed by atoms with Gasteiger partial charge in [0.05, 0.1) is 13.2 Å². The Morgan fingerprint density at radius 2 is 1.46 bits per heavy atom. The molecule has 12 heteroatoms. The Balaban J connectivity index is 2.18. The van der Waals surface area contributed by atoms with Gasteiger partial charge in [-0.05, 0) is 0 Å². The van der Waals surface area contributed by atoms with Crippen molar-refractivity contribution in [1.29, 1.82) is 0 Å². The second-order valence-electron chi connectivity index (χ2n) is 6.11. The number of rotatable bonds is 5. The summed E-state index contributed by atoms with van der Waals surface area (Å²) in [6.07, 6.45) is -15.6. The summed E-state index contributed by atoms with van der Waals surface area (Å²) in [5.41, 5.74) is 0. The number of carbonyl (C=O) groups is 1. The van der Waals surface area contributed by atoms with Crippen LogP contribution in [-0.2, 0) is 23.7 Å². The Morgan fingerprint density at radius 1 is 0.846 bits per heavy atom. The molecule has 0 radical (unpaired) electrons. The quantitative estimate of drug-likeness (QED) is 0.224. The Kier molecular flexibility index (Phi) is 7.27. The van der Waals surface area contributed by atoms with Crippen LogP contribution in [0.15, 0.2) is 0 Å². The van der Waals surface area contributed by atoms with E-state index in [4.69, 9.17) is 18.9 Å². The van der Waals surface area contributed by atoms with E-state index < -0.39 is 80.6 Å². The van der Waals surface area contributed by atoms with Crippen LogP contribution in [-0.4, -0.2) is 116 Å². The van der Waals surface area contributed by atoms with E-state index in [2.05, 4.69) is 0 Å². The van der Waals surface area contributed by atoms with Gasteiger partial charge in [0.2, 0.25) is 0 Å². The van der Waals surface area contributed by atoms with Crippen molar-refractivity contribution in [3.8, 4) is 0 Å². The molecule has 0 unspecified atom stereocenters. The average Bonchev–Trinajstić information content (AvgIpc) is 2.60. The van der Waals surface area contributed by atoms with E-state index in [1.165, 1.54) is 0 Å². The van der Waals surface area contributed by atoms with Gasteiger partial charge in [-0.25, -0.2) is 0 Å². The van der Waals surface area contributed by atoms with Crippen molar-refractivity contribution >= 4 is 5.97 Å². The predicted molar refractivity (Wildman–Crippen MR) is 78.2 cm³/mol. The number of aliphatic hydroxyl groups excluding tert-OH is 7. The van der Waals surface area contributed by atoms with E-state index in [1.54, 1.807) is 0 Å². The lowest BCUT2D eigenvalue weighted by Crippen LogP contribution is -2.65. The second kappa shape index (κ2) is 8.84. The molecule has 2 aliphatic heterocycles. The molecular weight excluding hydrogens is 360 g/mol. The highest BCUT2D eigenvalue weighted by atomic mass is 16.7. The third-order valence-electron chi connectivity index (χ3n) is 4.25. The third kappa shape index (κ3) is 4.31. The Bertz CT molecular complexity index is 473. The first-order valence-corrected chi connectivity index (χ1v) is 7.96. The first-order chi connectivity index (χ1) is 12.2. The molecule has 152 valence electrons. The Labute approximate surface area is 148 Å². The standard InChI is InChI=1S/C14H24O12/c1-4(17)23-12-7(18)5(2-15)25-14(10(12)21)26-11-6(3-16)24-13(22)9(20)8(11)19/h5-16,18-22H,2-3H2,1H3/t5-,6-,7-,8-,9-,10-,11-,12+,13-,14-/m1/s1. The van der Waals surface area contributed by atoms with Gasteiger partial charge in [0, 0.05) is 6.92 Å². The van der Waals surface area contributed by atoms with Gasteiger partial charge in [0.25, 0.3) is 0 Å². The first kappa shape index (κ1) is 21.4. The summed E-state index contributed by atoms with van der Waals surface area (Å²) in [5.74, 6) is -0.807. The molecule has 2 fully saturated rings. The molecule has 2 rings (SSSR count). The summed E-state index contributed by atoms with van der Waals surface area (Å²) in [6.45, 7) is -0.343. The summed E-state index contributed by atoms with van der Waals surface area (Å²) in [6, 6.07) is 0. The van der Waals surface area contributed by atoms with Crippen molar-refractivity contribution in [3.05, 3.63) is 0 Å². The van der Waals surface area contributed by atoms with Crippen molar-refractivity contribution in [2.24, 2.45) is 0 Å². The molecule has 2 aliphatic rings. The summed E-state index contributed by atoms with van der Waals surface area (Å²) >= 11 is 0. The molecule has 0 aromatic rings. The van der Waals surface area contributed by atoms with Crippen LogP contribution in [0.2, 0.25) is 0 Å². The van der Waals surface area contributed by atoms with Gasteiger partial charge in [-0.2, -0.15) is 0 Å². The maximum absolute atomic E-state index is 11.2. The molecule has 0 bridgehead atoms. The zero-order valence-corrected chi connectivity index (χ0v) is 13.9. The molecule has 0 saturated carbocycles. The van der Waals surface area contributed by atoms with Crippen molar-refractivity contribution in [3.63, 3.8) is 0 Å². The molecule has 0 spiro atoms. The van der Waals surface area contributed by atoms with Gasteiger partial charge in [0.1, 0.15) is 42.7 Å². The lowest BCUT2D eigenvalue weighted by molar-refractivity contribution is -0.355. The van der Waals surface area contributed by atoms with E-state index in [0.29, 0.717) is 0 Å². The summed E-state index contributed by atoms with van der Waals surface area (Å²) in [7, 11) is 0. The first-order valence-electron chi connectivity index (χ1n) is 7.96. The fourth-order valence-electron chi connectivity index (χ4n) is 2.89. The molecule has 7 N–H and O–H groups in total. The average molecular weight is 384 g/mol. The highest BCUT2D eigenvalue weighted by Crippen LogP contribution is 2.29. The van der Waals surface area contributed by atoms with E-state index in [-0.39, 0.29) is 0 Å². The van der Waals surface area contributed by atoms with Crippen LogP contribution in [0.1, 0.15) is 6.92 Å². The van der Waals surface area contributed by atoms with Crippen LogP contribution in [0.4, 0.5) is 0 Å². The van der Waals surface area contributed by atoms with E-state index >= 15 is 0 Å². The van der Waals surface area contributed by atoms with Gasteiger partial charge >= 0.3 is 5.97 Å². The Hall–Kier alpha value is -0.930. The molecule has 12 nitrogen and oxygen atoms in total. The largest absolute Gasteiger partial charge is 0.457 e. The molecular formula is C14H24O12. The Morgan fingerprint density at radius 3 is 2.00 bits per heavy atom. The fourth-order valence-corrected chi connectivity index (χ4v) is 2.89. The van der Waals surface area contributed by atoms with Crippen molar-refractivity contribution in [2.45, 2.75) is 68.3 Å². The topological polar surface area (TPSA) is 196 Å². The number of esters is 1. The summed E-state index contributed by atoms with van der Waals surface area (Å²) < 4.78 is 20.4. The molecule has 2 saturated heterocycles. The van der Waals surface area contributed by atoms with E-state index in [0.717, 1.165) is 6.92 Å². The van der Waals surface area contributed by atoms with E-state index in [9.17, 15) is 40.5 Å². The van der Waals surface area contributed by atoms with Crippen LogP contribution in [0, 0.1) is 0 Å². The van der Waals surface area contributed by atoms with Crippen molar-refractivity contribution < 1.29 is 59.5 Å². The summed E-state index contributed by atoms with van der Waals surface area (Å²) in [4.78, 5) is 11.2. The number of hydrogen-bond acceptors (Lipinski definition) is 12. The number of aliphatic hydroxyl groups is 7. The second-order valence-corrected chi connectivity index (χ2v) is 6.11. The normalized spacial score (nSPS) is 46.8. The van der Waals surface area contributed by atoms with Crippen molar-refractivity contribution in [1.82, 2.24) is 0 Å². The zero-order valence-electron chi connectivity index (χ0n) is 13.9. The van der Waals surface area contributed by atoms with Gasteiger partial charge in [0.15, 0.2) is 18.7 Å². The number of ether oxygens (including phenoxy) is 4. The fraction of sp³-hybridized carbons (Fsp3) is 0.929. The lowest BCUT2D eigenvalue weighted by Gasteiger charge is -2.45. The van der Waals surface area contributed by atoms with Crippen LogP contribution >= 0.6 is 0 Å². The van der Waals surface area contributed by atoms with Gasteiger partial charge < -0.3 is 54.7 Å². The molecule has 0 aromatic heterocycles. The monoisotopic (exact) mass is 384 g/mol. The number of carbonyl (C=O) groups excluding carboxylic acids is 1. The molecule has 0 aromatic carbocycles. The smallest absolute Gasteiger partial charge is 0.303 e. The van der Waals surface area contributed by atoms with Crippen LogP contribution < -0.4 is 0 Å². The predicted octanol–water partition coefficient (Wildman–Crippen LogP) is -4.83. The number of hydrogen-bond donors (Lipinski definition) is 7. The van der Waals surface area contributed by atoms with E-state index in [1.807, 2.05) is 0 Å². The molecule has 26 heavy (non-hydrogen) atoms. The van der Waals surface area contributed by atoms with Gasteiger partial charge in [-0.3, -0.25) is 4.79 Å². The third-order valence-corrected chi connectivity index (χ3v) is 4.25. The maximum Gasteiger partial charge on any atom is 0.303 e. The zero-order chi connectivity index (χ0) is 19.6. The molecule has 0 amide bonds. The van der Waals surface area contributed by atoms with Gasteiger partial charge in [-0.1, -0.05) is 0 Å². The van der Waals surface area contributed by atoms with Crippen LogP contribution in [0.5, 0.6) is 0 Å². The minimum absolute atomic E-state index is 0.694. The maximum atomic E-state index is 11.2.